The molecule has 5 nitrogen and oxygen atoms in total. The van der Waals surface area contributed by atoms with Crippen LogP contribution in [0.1, 0.15) is 68.6 Å². The Bertz CT molecular complexity index is 606. The van der Waals surface area contributed by atoms with Crippen molar-refractivity contribution in [3.8, 4) is 11.5 Å². The summed E-state index contributed by atoms with van der Waals surface area (Å²) in [4.78, 5) is 14.9. The lowest BCUT2D eigenvalue weighted by Crippen LogP contribution is -2.43. The molecule has 1 saturated carbocycles. The number of benzene rings is 1. The molecule has 1 aliphatic carbocycles. The first-order valence-electron chi connectivity index (χ1n) is 10.6. The number of rotatable bonds is 8. The molecule has 1 amide bonds. The van der Waals surface area contributed by atoms with Crippen molar-refractivity contribution >= 4 is 5.91 Å². The van der Waals surface area contributed by atoms with E-state index in [2.05, 4.69) is 17.1 Å². The molecule has 3 rings (SSSR count). The third-order valence-electron chi connectivity index (χ3n) is 5.85. The molecule has 0 unspecified atom stereocenters. The molecule has 0 radical (unpaired) electrons. The van der Waals surface area contributed by atoms with Crippen LogP contribution in [-0.2, 0) is 0 Å². The minimum Gasteiger partial charge on any atom is -0.493 e. The van der Waals surface area contributed by atoms with Crippen molar-refractivity contribution in [3.05, 3.63) is 23.8 Å². The molecule has 27 heavy (non-hydrogen) atoms. The van der Waals surface area contributed by atoms with Gasteiger partial charge >= 0.3 is 0 Å². The Morgan fingerprint density at radius 1 is 1.15 bits per heavy atom. The molecule has 0 spiro atoms. The number of carbonyl (C=O) groups is 1. The molecule has 1 aromatic rings. The SMILES string of the molecule is CCCCNC(=O)c1ccc(OC2CCN(C3CCCC3)CC2)c(OC)c1. The molecule has 1 N–H and O–H groups in total. The van der Waals surface area contributed by atoms with Crippen LogP contribution in [0.2, 0.25) is 0 Å². The lowest BCUT2D eigenvalue weighted by molar-refractivity contribution is 0.0750. The molecular weight excluding hydrogens is 340 g/mol. The first-order valence-corrected chi connectivity index (χ1v) is 10.6. The third-order valence-corrected chi connectivity index (χ3v) is 5.85. The van der Waals surface area contributed by atoms with Crippen LogP contribution in [0.3, 0.4) is 0 Å². The summed E-state index contributed by atoms with van der Waals surface area (Å²) >= 11 is 0. The molecule has 1 aromatic carbocycles. The number of nitrogens with zero attached hydrogens (tertiary/aromatic N) is 1. The first-order chi connectivity index (χ1) is 13.2. The number of unbranched alkanes of at least 4 members (excludes halogenated alkanes) is 1. The zero-order chi connectivity index (χ0) is 19.1. The maximum Gasteiger partial charge on any atom is 0.251 e. The fourth-order valence-electron chi connectivity index (χ4n) is 4.19. The lowest BCUT2D eigenvalue weighted by Gasteiger charge is -2.36. The van der Waals surface area contributed by atoms with E-state index in [1.54, 1.807) is 13.2 Å². The summed E-state index contributed by atoms with van der Waals surface area (Å²) in [5.41, 5.74) is 0.617. The molecule has 150 valence electrons. The topological polar surface area (TPSA) is 50.8 Å². The summed E-state index contributed by atoms with van der Waals surface area (Å²) in [5.74, 6) is 1.32. The van der Waals surface area contributed by atoms with Crippen LogP contribution in [0.15, 0.2) is 18.2 Å². The fourth-order valence-corrected chi connectivity index (χ4v) is 4.19. The van der Waals surface area contributed by atoms with Gasteiger partial charge in [0.15, 0.2) is 11.5 Å². The summed E-state index contributed by atoms with van der Waals surface area (Å²) in [6, 6.07) is 6.28. The number of amides is 1. The number of nitrogens with one attached hydrogen (secondary N) is 1. The summed E-state index contributed by atoms with van der Waals surface area (Å²) in [5, 5.41) is 2.94. The maximum atomic E-state index is 12.2. The number of piperidine rings is 1. The maximum absolute atomic E-state index is 12.2. The molecule has 1 saturated heterocycles. The Hall–Kier alpha value is -1.75. The second-order valence-electron chi connectivity index (χ2n) is 7.77. The summed E-state index contributed by atoms with van der Waals surface area (Å²) in [6.45, 7) is 5.06. The van der Waals surface area contributed by atoms with Crippen molar-refractivity contribution in [2.45, 2.75) is 70.4 Å². The Kier molecular flexibility index (Phi) is 7.39. The average Bonchev–Trinajstić information content (AvgIpc) is 3.24. The molecular formula is C22H34N2O3. The van der Waals surface area contributed by atoms with E-state index in [1.807, 2.05) is 12.1 Å². The summed E-state index contributed by atoms with van der Waals surface area (Å²) in [6.07, 6.45) is 9.88. The Balaban J connectivity index is 1.54. The van der Waals surface area contributed by atoms with Crippen molar-refractivity contribution in [3.63, 3.8) is 0 Å². The molecule has 1 aliphatic heterocycles. The predicted octanol–water partition coefficient (Wildman–Crippen LogP) is 4.01. The lowest BCUT2D eigenvalue weighted by atomic mass is 10.0. The van der Waals surface area contributed by atoms with Crippen molar-refractivity contribution in [2.24, 2.45) is 0 Å². The molecule has 5 heteroatoms. The van der Waals surface area contributed by atoms with E-state index in [9.17, 15) is 4.79 Å². The number of hydrogen-bond donors (Lipinski definition) is 1. The number of likely N-dealkylation sites (tertiary alicyclic amines) is 1. The van der Waals surface area contributed by atoms with Crippen LogP contribution >= 0.6 is 0 Å². The molecule has 0 atom stereocenters. The van der Waals surface area contributed by atoms with Gasteiger partial charge in [-0.25, -0.2) is 0 Å². The largest absolute Gasteiger partial charge is 0.493 e. The van der Waals surface area contributed by atoms with Crippen LogP contribution in [-0.4, -0.2) is 49.7 Å². The highest BCUT2D eigenvalue weighted by atomic mass is 16.5. The summed E-state index contributed by atoms with van der Waals surface area (Å²) in [7, 11) is 1.63. The van der Waals surface area contributed by atoms with E-state index in [-0.39, 0.29) is 12.0 Å². The van der Waals surface area contributed by atoms with Gasteiger partial charge in [-0.05, 0) is 50.3 Å². The minimum atomic E-state index is -0.0572. The Labute approximate surface area is 163 Å². The van der Waals surface area contributed by atoms with Crippen molar-refractivity contribution in [1.29, 1.82) is 0 Å². The zero-order valence-corrected chi connectivity index (χ0v) is 16.8. The predicted molar refractivity (Wildman–Crippen MR) is 108 cm³/mol. The van der Waals surface area contributed by atoms with Crippen molar-refractivity contribution in [2.75, 3.05) is 26.7 Å². The standard InChI is InChI=1S/C22H34N2O3/c1-3-4-13-23-22(25)17-9-10-20(21(16-17)26-2)27-19-11-14-24(15-12-19)18-7-5-6-8-18/h9-10,16,18-19H,3-8,11-15H2,1-2H3,(H,23,25). The molecule has 1 heterocycles. The quantitative estimate of drug-likeness (QED) is 0.699. The number of hydrogen-bond acceptors (Lipinski definition) is 4. The molecule has 2 aliphatic rings. The van der Waals surface area contributed by atoms with Gasteiger partial charge in [-0.15, -0.1) is 0 Å². The van der Waals surface area contributed by atoms with Crippen LogP contribution in [0.4, 0.5) is 0 Å². The molecule has 0 aromatic heterocycles. The van der Waals surface area contributed by atoms with Gasteiger partial charge in [0.2, 0.25) is 0 Å². The highest BCUT2D eigenvalue weighted by Crippen LogP contribution is 2.32. The molecule has 0 bridgehead atoms. The van der Waals surface area contributed by atoms with Crippen LogP contribution in [0.5, 0.6) is 11.5 Å². The van der Waals surface area contributed by atoms with Crippen molar-refractivity contribution < 1.29 is 14.3 Å². The summed E-state index contributed by atoms with van der Waals surface area (Å²) < 4.78 is 11.7. The third kappa shape index (κ3) is 5.38. The smallest absolute Gasteiger partial charge is 0.251 e. The van der Waals surface area contributed by atoms with E-state index >= 15 is 0 Å². The second kappa shape index (κ2) is 9.98. The van der Waals surface area contributed by atoms with Gasteiger partial charge in [-0.1, -0.05) is 26.2 Å². The van der Waals surface area contributed by atoms with E-state index in [1.165, 1.54) is 25.7 Å². The van der Waals surface area contributed by atoms with Crippen LogP contribution in [0.25, 0.3) is 0 Å². The van der Waals surface area contributed by atoms with Gasteiger partial charge in [0, 0.05) is 31.2 Å². The van der Waals surface area contributed by atoms with Crippen LogP contribution in [0, 0.1) is 0 Å². The average molecular weight is 375 g/mol. The monoisotopic (exact) mass is 374 g/mol. The Morgan fingerprint density at radius 2 is 1.89 bits per heavy atom. The normalized spacial score (nSPS) is 19.2. The number of ether oxygens (including phenoxy) is 2. The number of methoxy groups -OCH3 is 1. The highest BCUT2D eigenvalue weighted by Gasteiger charge is 2.28. The minimum absolute atomic E-state index is 0.0572. The molecule has 2 fully saturated rings. The van der Waals surface area contributed by atoms with Gasteiger partial charge in [-0.3, -0.25) is 4.79 Å². The first kappa shape index (κ1) is 20.0. The van der Waals surface area contributed by atoms with E-state index in [4.69, 9.17) is 9.47 Å². The number of carbonyl (C=O) groups excluding carboxylic acids is 1. The van der Waals surface area contributed by atoms with Crippen LogP contribution < -0.4 is 14.8 Å². The highest BCUT2D eigenvalue weighted by molar-refractivity contribution is 5.94. The van der Waals surface area contributed by atoms with Gasteiger partial charge in [0.05, 0.1) is 7.11 Å². The zero-order valence-electron chi connectivity index (χ0n) is 16.8. The van der Waals surface area contributed by atoms with E-state index in [0.717, 1.165) is 50.6 Å². The van der Waals surface area contributed by atoms with Gasteiger partial charge in [0.25, 0.3) is 5.91 Å². The fraction of sp³-hybridized carbons (Fsp3) is 0.682. The van der Waals surface area contributed by atoms with Gasteiger partial charge in [-0.2, -0.15) is 0 Å². The van der Waals surface area contributed by atoms with E-state index < -0.39 is 0 Å². The van der Waals surface area contributed by atoms with Crippen molar-refractivity contribution in [1.82, 2.24) is 10.2 Å². The Morgan fingerprint density at radius 3 is 2.56 bits per heavy atom. The second-order valence-corrected chi connectivity index (χ2v) is 7.77. The van der Waals surface area contributed by atoms with Gasteiger partial charge < -0.3 is 19.7 Å². The van der Waals surface area contributed by atoms with Gasteiger partial charge in [0.1, 0.15) is 6.10 Å². The van der Waals surface area contributed by atoms with E-state index in [0.29, 0.717) is 17.9 Å².